The molecule has 14 heavy (non-hydrogen) atoms. The average molecular weight is 195 g/mol. The van der Waals surface area contributed by atoms with E-state index < -0.39 is 0 Å². The van der Waals surface area contributed by atoms with Crippen LogP contribution in [0.25, 0.3) is 0 Å². The van der Waals surface area contributed by atoms with Gasteiger partial charge in [-0.3, -0.25) is 10.00 Å². The van der Waals surface area contributed by atoms with E-state index in [1.165, 1.54) is 12.8 Å². The van der Waals surface area contributed by atoms with Gasteiger partial charge in [-0.2, -0.15) is 0 Å². The molecule has 0 aromatic carbocycles. The summed E-state index contributed by atoms with van der Waals surface area (Å²) < 4.78 is 7.28. The maximum atomic E-state index is 5.32. The monoisotopic (exact) mass is 195 g/mol. The van der Waals surface area contributed by atoms with Crippen LogP contribution < -0.4 is 10.1 Å². The van der Waals surface area contributed by atoms with Gasteiger partial charge in [0, 0.05) is 12.3 Å². The summed E-state index contributed by atoms with van der Waals surface area (Å²) in [5.74, 6) is 0.722. The molecule has 2 heterocycles. The third-order valence-electron chi connectivity index (χ3n) is 2.48. The highest BCUT2D eigenvalue weighted by atomic mass is 16.5. The molecule has 0 saturated carbocycles. The quantitative estimate of drug-likeness (QED) is 0.795. The van der Waals surface area contributed by atoms with Crippen molar-refractivity contribution in [2.24, 2.45) is 0 Å². The van der Waals surface area contributed by atoms with Gasteiger partial charge in [0.2, 0.25) is 5.88 Å². The molecule has 4 nitrogen and oxygen atoms in total. The minimum atomic E-state index is 0.359. The van der Waals surface area contributed by atoms with Crippen molar-refractivity contribution in [1.82, 2.24) is 15.1 Å². The zero-order chi connectivity index (χ0) is 9.80. The van der Waals surface area contributed by atoms with Crippen LogP contribution in [-0.2, 0) is 0 Å². The summed E-state index contributed by atoms with van der Waals surface area (Å²) in [6.07, 6.45) is 6.05. The molecule has 1 aliphatic rings. The van der Waals surface area contributed by atoms with Gasteiger partial charge >= 0.3 is 0 Å². The molecule has 0 radical (unpaired) electrons. The van der Waals surface area contributed by atoms with Gasteiger partial charge in [-0.1, -0.05) is 0 Å². The Morgan fingerprint density at radius 2 is 2.57 bits per heavy atom. The van der Waals surface area contributed by atoms with E-state index in [9.17, 15) is 0 Å². The highest BCUT2D eigenvalue weighted by molar-refractivity contribution is 5.06. The van der Waals surface area contributed by atoms with Crippen LogP contribution in [0.4, 0.5) is 0 Å². The van der Waals surface area contributed by atoms with Gasteiger partial charge in [0.1, 0.15) is 6.17 Å². The van der Waals surface area contributed by atoms with E-state index in [-0.39, 0.29) is 0 Å². The zero-order valence-electron chi connectivity index (χ0n) is 8.57. The van der Waals surface area contributed by atoms with Crippen molar-refractivity contribution >= 4 is 0 Å². The lowest BCUT2D eigenvalue weighted by atomic mass is 10.1. The second-order valence-electron chi connectivity index (χ2n) is 3.53. The standard InChI is InChI=1S/C10H17N3O/c1-2-14-10-6-8-13(12-10)9-5-3-4-7-11-9/h6,8-9,11H,2-5,7H2,1H3/t9-/m1/s1. The molecule has 0 spiro atoms. The third-order valence-corrected chi connectivity index (χ3v) is 2.48. The van der Waals surface area contributed by atoms with Gasteiger partial charge in [0.05, 0.1) is 6.61 Å². The number of aromatic nitrogens is 2. The minimum Gasteiger partial charge on any atom is -0.477 e. The van der Waals surface area contributed by atoms with Gasteiger partial charge in [0.25, 0.3) is 0 Å². The normalized spacial score (nSPS) is 22.2. The van der Waals surface area contributed by atoms with Gasteiger partial charge in [0.15, 0.2) is 0 Å². The largest absolute Gasteiger partial charge is 0.477 e. The van der Waals surface area contributed by atoms with Crippen molar-refractivity contribution in [1.29, 1.82) is 0 Å². The van der Waals surface area contributed by atoms with Crippen LogP contribution in [0.5, 0.6) is 5.88 Å². The molecule has 0 bridgehead atoms. The summed E-state index contributed by atoms with van der Waals surface area (Å²) in [5.41, 5.74) is 0. The molecule has 1 saturated heterocycles. The number of rotatable bonds is 3. The van der Waals surface area contributed by atoms with Crippen molar-refractivity contribution in [3.8, 4) is 5.88 Å². The van der Waals surface area contributed by atoms with E-state index in [0.29, 0.717) is 12.8 Å². The second kappa shape index (κ2) is 4.46. The van der Waals surface area contributed by atoms with Gasteiger partial charge in [-0.05, 0) is 32.7 Å². The molecule has 1 fully saturated rings. The van der Waals surface area contributed by atoms with Crippen molar-refractivity contribution < 1.29 is 4.74 Å². The zero-order valence-corrected chi connectivity index (χ0v) is 8.57. The first-order valence-corrected chi connectivity index (χ1v) is 5.31. The summed E-state index contributed by atoms with van der Waals surface area (Å²) in [7, 11) is 0. The van der Waals surface area contributed by atoms with Crippen LogP contribution in [0.3, 0.4) is 0 Å². The smallest absolute Gasteiger partial charge is 0.232 e. The Morgan fingerprint density at radius 3 is 3.29 bits per heavy atom. The number of hydrogen-bond acceptors (Lipinski definition) is 3. The Morgan fingerprint density at radius 1 is 1.64 bits per heavy atom. The molecule has 2 rings (SSSR count). The van der Waals surface area contributed by atoms with E-state index >= 15 is 0 Å². The Labute approximate surface area is 84.3 Å². The van der Waals surface area contributed by atoms with Crippen LogP contribution in [0.1, 0.15) is 32.4 Å². The molecular formula is C10H17N3O. The predicted octanol–water partition coefficient (Wildman–Crippen LogP) is 1.55. The van der Waals surface area contributed by atoms with E-state index in [0.717, 1.165) is 18.8 Å². The Hall–Kier alpha value is -1.03. The fourth-order valence-corrected chi connectivity index (χ4v) is 1.78. The summed E-state index contributed by atoms with van der Waals surface area (Å²) in [4.78, 5) is 0. The SMILES string of the molecule is CCOc1ccn([C@@H]2CCCCN2)n1. The topological polar surface area (TPSA) is 39.1 Å². The number of piperidine rings is 1. The first kappa shape index (κ1) is 9.52. The summed E-state index contributed by atoms with van der Waals surface area (Å²) in [5, 5.41) is 7.79. The Balaban J connectivity index is 2.00. The first-order chi connectivity index (χ1) is 6.90. The summed E-state index contributed by atoms with van der Waals surface area (Å²) in [6, 6.07) is 1.92. The fourth-order valence-electron chi connectivity index (χ4n) is 1.78. The second-order valence-corrected chi connectivity index (χ2v) is 3.53. The number of nitrogens with one attached hydrogen (secondary N) is 1. The summed E-state index contributed by atoms with van der Waals surface area (Å²) in [6.45, 7) is 3.74. The molecule has 1 aromatic heterocycles. The lowest BCUT2D eigenvalue weighted by Gasteiger charge is -2.23. The number of hydrogen-bond donors (Lipinski definition) is 1. The fraction of sp³-hybridized carbons (Fsp3) is 0.700. The van der Waals surface area contributed by atoms with Gasteiger partial charge in [-0.25, -0.2) is 0 Å². The third kappa shape index (κ3) is 2.07. The molecule has 0 amide bonds. The molecule has 4 heteroatoms. The maximum Gasteiger partial charge on any atom is 0.232 e. The predicted molar refractivity (Wildman–Crippen MR) is 54.3 cm³/mol. The molecular weight excluding hydrogens is 178 g/mol. The lowest BCUT2D eigenvalue weighted by Crippen LogP contribution is -2.31. The van der Waals surface area contributed by atoms with Gasteiger partial charge < -0.3 is 4.74 Å². The van der Waals surface area contributed by atoms with E-state index in [1.807, 2.05) is 23.9 Å². The molecule has 1 atom stereocenters. The van der Waals surface area contributed by atoms with Crippen LogP contribution in [0.15, 0.2) is 12.3 Å². The lowest BCUT2D eigenvalue weighted by molar-refractivity contribution is 0.278. The van der Waals surface area contributed by atoms with Crippen molar-refractivity contribution in [2.45, 2.75) is 32.4 Å². The average Bonchev–Trinajstić information content (AvgIpc) is 2.68. The molecule has 1 aromatic rings. The van der Waals surface area contributed by atoms with Gasteiger partial charge in [-0.15, -0.1) is 5.10 Å². The van der Waals surface area contributed by atoms with Crippen molar-refractivity contribution in [3.05, 3.63) is 12.3 Å². The van der Waals surface area contributed by atoms with Crippen LogP contribution in [0, 0.1) is 0 Å². The molecule has 78 valence electrons. The Kier molecular flexibility index (Phi) is 3.03. The van der Waals surface area contributed by atoms with E-state index in [2.05, 4.69) is 10.4 Å². The molecule has 0 aliphatic carbocycles. The Bertz CT molecular complexity index is 279. The molecule has 1 aliphatic heterocycles. The van der Waals surface area contributed by atoms with Crippen LogP contribution >= 0.6 is 0 Å². The summed E-state index contributed by atoms with van der Waals surface area (Å²) >= 11 is 0. The molecule has 0 unspecified atom stereocenters. The van der Waals surface area contributed by atoms with E-state index in [1.54, 1.807) is 0 Å². The first-order valence-electron chi connectivity index (χ1n) is 5.31. The van der Waals surface area contributed by atoms with Crippen LogP contribution in [0.2, 0.25) is 0 Å². The number of ether oxygens (including phenoxy) is 1. The maximum absolute atomic E-state index is 5.32. The van der Waals surface area contributed by atoms with E-state index in [4.69, 9.17) is 4.74 Å². The molecule has 1 N–H and O–H groups in total. The van der Waals surface area contributed by atoms with Crippen LogP contribution in [-0.4, -0.2) is 22.9 Å². The minimum absolute atomic E-state index is 0.359. The number of nitrogens with zero attached hydrogens (tertiary/aromatic N) is 2. The highest BCUT2D eigenvalue weighted by Gasteiger charge is 2.14. The highest BCUT2D eigenvalue weighted by Crippen LogP contribution is 2.17. The van der Waals surface area contributed by atoms with Crippen molar-refractivity contribution in [2.75, 3.05) is 13.2 Å². The van der Waals surface area contributed by atoms with Crippen molar-refractivity contribution in [3.63, 3.8) is 0 Å².